The monoisotopic (exact) mass is 201 g/mol. The summed E-state index contributed by atoms with van der Waals surface area (Å²) in [4.78, 5) is 4.00. The molecule has 72 valence electrons. The standard InChI is InChI=1S/C8H12ClN3O/c9-7-4-6(10)5-8(12-7)11-2-1-3-13/h4-5,13H,1-3H2,(H3,10,11,12). The Morgan fingerprint density at radius 3 is 2.92 bits per heavy atom. The van der Waals surface area contributed by atoms with Crippen LogP contribution in [0.25, 0.3) is 0 Å². The molecule has 0 aliphatic rings. The highest BCUT2D eigenvalue weighted by Gasteiger charge is 1.97. The summed E-state index contributed by atoms with van der Waals surface area (Å²) < 4.78 is 0. The SMILES string of the molecule is Nc1cc(Cl)nc(NCCCO)c1. The maximum absolute atomic E-state index is 8.54. The Bertz CT molecular complexity index is 260. The molecule has 1 aromatic heterocycles. The number of aromatic nitrogens is 1. The molecule has 0 saturated carbocycles. The summed E-state index contributed by atoms with van der Waals surface area (Å²) in [6, 6.07) is 3.28. The minimum Gasteiger partial charge on any atom is -0.399 e. The Kier molecular flexibility index (Phi) is 3.79. The maximum Gasteiger partial charge on any atom is 0.133 e. The first-order valence-electron chi connectivity index (χ1n) is 4.00. The molecule has 1 rings (SSSR count). The van der Waals surface area contributed by atoms with E-state index in [1.807, 2.05) is 0 Å². The van der Waals surface area contributed by atoms with Gasteiger partial charge < -0.3 is 16.2 Å². The van der Waals surface area contributed by atoms with Gasteiger partial charge in [-0.15, -0.1) is 0 Å². The van der Waals surface area contributed by atoms with Gasteiger partial charge in [0.15, 0.2) is 0 Å². The Morgan fingerprint density at radius 2 is 2.31 bits per heavy atom. The van der Waals surface area contributed by atoms with Crippen LogP contribution in [0.3, 0.4) is 0 Å². The molecule has 0 fully saturated rings. The molecule has 0 unspecified atom stereocenters. The molecular formula is C8H12ClN3O. The Morgan fingerprint density at radius 1 is 1.54 bits per heavy atom. The molecule has 13 heavy (non-hydrogen) atoms. The van der Waals surface area contributed by atoms with E-state index in [2.05, 4.69) is 10.3 Å². The van der Waals surface area contributed by atoms with E-state index in [-0.39, 0.29) is 6.61 Å². The van der Waals surface area contributed by atoms with Crippen LogP contribution >= 0.6 is 11.6 Å². The summed E-state index contributed by atoms with van der Waals surface area (Å²) in [7, 11) is 0. The fraction of sp³-hybridized carbons (Fsp3) is 0.375. The first kappa shape index (κ1) is 10.1. The molecule has 0 amide bonds. The number of aliphatic hydroxyl groups is 1. The number of nitrogen functional groups attached to an aromatic ring is 1. The van der Waals surface area contributed by atoms with Crippen molar-refractivity contribution in [3.8, 4) is 0 Å². The predicted octanol–water partition coefficient (Wildman–Crippen LogP) is 1.11. The molecule has 5 heteroatoms. The zero-order chi connectivity index (χ0) is 9.68. The van der Waals surface area contributed by atoms with Crippen molar-refractivity contribution >= 4 is 23.1 Å². The normalized spacial score (nSPS) is 10.0. The number of pyridine rings is 1. The first-order valence-corrected chi connectivity index (χ1v) is 4.38. The van der Waals surface area contributed by atoms with Crippen molar-refractivity contribution in [2.75, 3.05) is 24.2 Å². The van der Waals surface area contributed by atoms with Crippen LogP contribution in [0.5, 0.6) is 0 Å². The summed E-state index contributed by atoms with van der Waals surface area (Å²) in [5.41, 5.74) is 6.13. The van der Waals surface area contributed by atoms with E-state index in [4.69, 9.17) is 22.4 Å². The summed E-state index contributed by atoms with van der Waals surface area (Å²) in [5, 5.41) is 11.9. The molecule has 0 saturated heterocycles. The number of halogens is 1. The van der Waals surface area contributed by atoms with Crippen LogP contribution in [-0.2, 0) is 0 Å². The van der Waals surface area contributed by atoms with Gasteiger partial charge in [-0.3, -0.25) is 0 Å². The van der Waals surface area contributed by atoms with Crippen LogP contribution in [0, 0.1) is 0 Å². The lowest BCUT2D eigenvalue weighted by Crippen LogP contribution is -2.05. The molecule has 4 N–H and O–H groups in total. The highest BCUT2D eigenvalue weighted by atomic mass is 35.5. The third-order valence-electron chi connectivity index (χ3n) is 1.46. The van der Waals surface area contributed by atoms with E-state index in [1.165, 1.54) is 0 Å². The second-order valence-electron chi connectivity index (χ2n) is 2.61. The van der Waals surface area contributed by atoms with Crippen molar-refractivity contribution in [2.24, 2.45) is 0 Å². The van der Waals surface area contributed by atoms with Crippen LogP contribution in [0.15, 0.2) is 12.1 Å². The summed E-state index contributed by atoms with van der Waals surface area (Å²) >= 11 is 5.68. The van der Waals surface area contributed by atoms with Gasteiger partial charge in [-0.1, -0.05) is 11.6 Å². The van der Waals surface area contributed by atoms with E-state index in [0.29, 0.717) is 29.6 Å². The van der Waals surface area contributed by atoms with E-state index in [0.717, 1.165) is 0 Å². The Balaban J connectivity index is 2.56. The van der Waals surface area contributed by atoms with Gasteiger partial charge in [0.1, 0.15) is 11.0 Å². The molecule has 0 aromatic carbocycles. The lowest BCUT2D eigenvalue weighted by atomic mass is 10.4. The molecule has 0 radical (unpaired) electrons. The fourth-order valence-corrected chi connectivity index (χ4v) is 1.12. The quantitative estimate of drug-likeness (QED) is 0.504. The average Bonchev–Trinajstić information content (AvgIpc) is 2.03. The molecule has 0 spiro atoms. The van der Waals surface area contributed by atoms with Gasteiger partial charge in [-0.05, 0) is 12.5 Å². The van der Waals surface area contributed by atoms with Crippen molar-refractivity contribution in [3.05, 3.63) is 17.3 Å². The predicted molar refractivity (Wildman–Crippen MR) is 53.9 cm³/mol. The zero-order valence-corrected chi connectivity index (χ0v) is 7.88. The Hall–Kier alpha value is -1.00. The number of hydrogen-bond donors (Lipinski definition) is 3. The van der Waals surface area contributed by atoms with Crippen molar-refractivity contribution < 1.29 is 5.11 Å². The van der Waals surface area contributed by atoms with E-state index in [1.54, 1.807) is 12.1 Å². The summed E-state index contributed by atoms with van der Waals surface area (Å²) in [6.45, 7) is 0.812. The van der Waals surface area contributed by atoms with Crippen molar-refractivity contribution in [1.29, 1.82) is 0 Å². The topological polar surface area (TPSA) is 71.2 Å². The van der Waals surface area contributed by atoms with Gasteiger partial charge in [-0.2, -0.15) is 0 Å². The number of nitrogens with two attached hydrogens (primary N) is 1. The van der Waals surface area contributed by atoms with Crippen molar-refractivity contribution in [3.63, 3.8) is 0 Å². The van der Waals surface area contributed by atoms with Crippen LogP contribution in [-0.4, -0.2) is 23.2 Å². The van der Waals surface area contributed by atoms with Gasteiger partial charge >= 0.3 is 0 Å². The molecule has 4 nitrogen and oxygen atoms in total. The van der Waals surface area contributed by atoms with Crippen molar-refractivity contribution in [2.45, 2.75) is 6.42 Å². The second kappa shape index (κ2) is 4.89. The smallest absolute Gasteiger partial charge is 0.133 e. The molecule has 0 aliphatic heterocycles. The lowest BCUT2D eigenvalue weighted by molar-refractivity contribution is 0.292. The van der Waals surface area contributed by atoms with Crippen LogP contribution in [0.1, 0.15) is 6.42 Å². The first-order chi connectivity index (χ1) is 6.22. The number of rotatable bonds is 4. The minimum absolute atomic E-state index is 0.156. The van der Waals surface area contributed by atoms with Gasteiger partial charge in [0.05, 0.1) is 0 Å². The molecule has 1 aromatic rings. The number of aliphatic hydroxyl groups excluding tert-OH is 1. The van der Waals surface area contributed by atoms with Crippen LogP contribution in [0.4, 0.5) is 11.5 Å². The van der Waals surface area contributed by atoms with Gasteiger partial charge in [-0.25, -0.2) is 4.98 Å². The number of nitrogens with zero attached hydrogens (tertiary/aromatic N) is 1. The van der Waals surface area contributed by atoms with E-state index >= 15 is 0 Å². The molecule has 1 heterocycles. The number of anilines is 2. The third-order valence-corrected chi connectivity index (χ3v) is 1.65. The molecule has 0 bridgehead atoms. The zero-order valence-electron chi connectivity index (χ0n) is 7.13. The Labute approximate surface area is 81.7 Å². The average molecular weight is 202 g/mol. The van der Waals surface area contributed by atoms with Crippen LogP contribution in [0.2, 0.25) is 5.15 Å². The minimum atomic E-state index is 0.156. The van der Waals surface area contributed by atoms with E-state index < -0.39 is 0 Å². The highest BCUT2D eigenvalue weighted by molar-refractivity contribution is 6.29. The third kappa shape index (κ3) is 3.48. The molecular weight excluding hydrogens is 190 g/mol. The molecule has 0 atom stereocenters. The fourth-order valence-electron chi connectivity index (χ4n) is 0.903. The number of nitrogens with one attached hydrogen (secondary N) is 1. The summed E-state index contributed by atoms with van der Waals surface area (Å²) in [5.74, 6) is 0.637. The largest absolute Gasteiger partial charge is 0.399 e. The lowest BCUT2D eigenvalue weighted by Gasteiger charge is -2.05. The molecule has 0 aliphatic carbocycles. The van der Waals surface area contributed by atoms with E-state index in [9.17, 15) is 0 Å². The van der Waals surface area contributed by atoms with Crippen LogP contribution < -0.4 is 11.1 Å². The highest BCUT2D eigenvalue weighted by Crippen LogP contribution is 2.15. The van der Waals surface area contributed by atoms with Gasteiger partial charge in [0.25, 0.3) is 0 Å². The van der Waals surface area contributed by atoms with Gasteiger partial charge in [0.2, 0.25) is 0 Å². The number of hydrogen-bond acceptors (Lipinski definition) is 4. The maximum atomic E-state index is 8.54. The van der Waals surface area contributed by atoms with Crippen molar-refractivity contribution in [1.82, 2.24) is 4.98 Å². The second-order valence-corrected chi connectivity index (χ2v) is 3.00. The summed E-state index contributed by atoms with van der Waals surface area (Å²) in [6.07, 6.45) is 0.675. The van der Waals surface area contributed by atoms with Gasteiger partial charge in [0, 0.05) is 24.9 Å².